The third-order valence-electron chi connectivity index (χ3n) is 4.73. The fourth-order valence-electron chi connectivity index (χ4n) is 3.19. The molecule has 1 fully saturated rings. The van der Waals surface area contributed by atoms with Gasteiger partial charge in [0.05, 0.1) is 24.2 Å². The van der Waals surface area contributed by atoms with Crippen molar-refractivity contribution >= 4 is 22.8 Å². The molecule has 8 heteroatoms. The van der Waals surface area contributed by atoms with Gasteiger partial charge in [-0.25, -0.2) is 4.79 Å². The summed E-state index contributed by atoms with van der Waals surface area (Å²) in [6, 6.07) is 12.1. The molecule has 8 nitrogen and oxygen atoms in total. The van der Waals surface area contributed by atoms with Gasteiger partial charge in [-0.3, -0.25) is 9.59 Å². The number of aromatic amines is 2. The number of benzene rings is 2. The van der Waals surface area contributed by atoms with Gasteiger partial charge in [0.2, 0.25) is 0 Å². The number of carbonyl (C=O) groups excluding carboxylic acids is 2. The van der Waals surface area contributed by atoms with Crippen LogP contribution in [0.1, 0.15) is 26.3 Å². The molecule has 1 aliphatic heterocycles. The largest absolute Gasteiger partial charge is 0.378 e. The van der Waals surface area contributed by atoms with Crippen molar-refractivity contribution in [1.82, 2.24) is 20.2 Å². The first-order chi connectivity index (χ1) is 13.6. The molecule has 28 heavy (non-hydrogen) atoms. The first kappa shape index (κ1) is 18.0. The molecular formula is C20H20N4O4. The zero-order chi connectivity index (χ0) is 19.5. The number of rotatable bonds is 4. The Bertz CT molecular complexity index is 1060. The van der Waals surface area contributed by atoms with Crippen molar-refractivity contribution < 1.29 is 14.3 Å². The van der Waals surface area contributed by atoms with Gasteiger partial charge in [0.15, 0.2) is 0 Å². The van der Waals surface area contributed by atoms with Gasteiger partial charge in [-0.1, -0.05) is 6.07 Å². The first-order valence-corrected chi connectivity index (χ1v) is 9.06. The van der Waals surface area contributed by atoms with Crippen LogP contribution in [0, 0.1) is 0 Å². The molecule has 0 unspecified atom stereocenters. The average Bonchev–Trinajstić information content (AvgIpc) is 3.11. The number of morpholine rings is 1. The van der Waals surface area contributed by atoms with Crippen LogP contribution in [-0.2, 0) is 11.3 Å². The van der Waals surface area contributed by atoms with Crippen LogP contribution in [0.3, 0.4) is 0 Å². The van der Waals surface area contributed by atoms with Crippen LogP contribution in [0.25, 0.3) is 11.0 Å². The highest BCUT2D eigenvalue weighted by molar-refractivity contribution is 5.97. The van der Waals surface area contributed by atoms with E-state index in [0.717, 1.165) is 11.1 Å². The monoisotopic (exact) mass is 380 g/mol. The molecule has 0 saturated carbocycles. The van der Waals surface area contributed by atoms with Crippen molar-refractivity contribution in [2.24, 2.45) is 0 Å². The molecule has 144 valence electrons. The summed E-state index contributed by atoms with van der Waals surface area (Å²) < 4.78 is 5.26. The molecule has 1 saturated heterocycles. The quantitative estimate of drug-likeness (QED) is 0.633. The molecule has 0 bridgehead atoms. The van der Waals surface area contributed by atoms with E-state index in [1.165, 1.54) is 0 Å². The van der Waals surface area contributed by atoms with Gasteiger partial charge in [0.1, 0.15) is 0 Å². The minimum absolute atomic E-state index is 0.0518. The second-order valence-corrected chi connectivity index (χ2v) is 6.62. The predicted molar refractivity (Wildman–Crippen MR) is 103 cm³/mol. The van der Waals surface area contributed by atoms with Crippen molar-refractivity contribution in [3.8, 4) is 0 Å². The van der Waals surface area contributed by atoms with Crippen LogP contribution in [0.5, 0.6) is 0 Å². The summed E-state index contributed by atoms with van der Waals surface area (Å²) >= 11 is 0. The lowest BCUT2D eigenvalue weighted by Gasteiger charge is -2.26. The van der Waals surface area contributed by atoms with Gasteiger partial charge in [0, 0.05) is 30.8 Å². The summed E-state index contributed by atoms with van der Waals surface area (Å²) in [6.45, 7) is 2.59. The van der Waals surface area contributed by atoms with Crippen molar-refractivity contribution in [2.45, 2.75) is 6.54 Å². The first-order valence-electron chi connectivity index (χ1n) is 9.06. The number of H-pyrrole nitrogens is 2. The number of fused-ring (bicyclic) bond motifs is 1. The number of nitrogens with one attached hydrogen (secondary N) is 3. The Balaban J connectivity index is 1.38. The summed E-state index contributed by atoms with van der Waals surface area (Å²) in [5.74, 6) is -0.280. The standard InChI is InChI=1S/C20H20N4O4/c25-18(21-12-13-1-6-16-17(11-13)23-20(27)22-16)14-2-4-15(5-3-14)19(26)24-7-9-28-10-8-24/h1-6,11H,7-10,12H2,(H,21,25)(H2,22,23,27). The number of ether oxygens (including phenoxy) is 1. The highest BCUT2D eigenvalue weighted by Gasteiger charge is 2.18. The molecule has 0 spiro atoms. The molecule has 0 aliphatic carbocycles. The van der Waals surface area contributed by atoms with Gasteiger partial charge < -0.3 is 24.9 Å². The lowest BCUT2D eigenvalue weighted by molar-refractivity contribution is 0.0303. The van der Waals surface area contributed by atoms with E-state index in [1.807, 2.05) is 12.1 Å². The van der Waals surface area contributed by atoms with Crippen molar-refractivity contribution in [3.05, 3.63) is 69.6 Å². The van der Waals surface area contributed by atoms with E-state index < -0.39 is 0 Å². The van der Waals surface area contributed by atoms with Gasteiger partial charge in [-0.2, -0.15) is 0 Å². The van der Waals surface area contributed by atoms with Crippen LogP contribution in [0.4, 0.5) is 0 Å². The lowest BCUT2D eigenvalue weighted by atomic mass is 10.1. The van der Waals surface area contributed by atoms with Gasteiger partial charge in [-0.15, -0.1) is 0 Å². The highest BCUT2D eigenvalue weighted by atomic mass is 16.5. The van der Waals surface area contributed by atoms with Crippen LogP contribution in [0.2, 0.25) is 0 Å². The molecule has 4 rings (SSSR count). The van der Waals surface area contributed by atoms with E-state index >= 15 is 0 Å². The molecular weight excluding hydrogens is 360 g/mol. The Morgan fingerprint density at radius 2 is 1.64 bits per heavy atom. The molecule has 0 atom stereocenters. The Hall–Kier alpha value is -3.39. The van der Waals surface area contributed by atoms with E-state index in [1.54, 1.807) is 35.2 Å². The summed E-state index contributed by atoms with van der Waals surface area (Å²) in [4.78, 5) is 43.3. The number of nitrogens with zero attached hydrogens (tertiary/aromatic N) is 1. The second kappa shape index (κ2) is 7.69. The minimum atomic E-state index is -0.261. The SMILES string of the molecule is O=C(NCc1ccc2[nH]c(=O)[nH]c2c1)c1ccc(C(=O)N2CCOCC2)cc1. The van der Waals surface area contributed by atoms with E-state index in [9.17, 15) is 14.4 Å². The lowest BCUT2D eigenvalue weighted by Crippen LogP contribution is -2.40. The normalized spacial score (nSPS) is 14.2. The molecule has 2 aromatic carbocycles. The Morgan fingerprint density at radius 1 is 0.964 bits per heavy atom. The van der Waals surface area contributed by atoms with E-state index in [-0.39, 0.29) is 17.5 Å². The Labute approximate surface area is 160 Å². The zero-order valence-electron chi connectivity index (χ0n) is 15.2. The third-order valence-corrected chi connectivity index (χ3v) is 4.73. The van der Waals surface area contributed by atoms with Gasteiger partial charge in [0.25, 0.3) is 11.8 Å². The van der Waals surface area contributed by atoms with E-state index in [0.29, 0.717) is 49.5 Å². The number of imidazole rings is 1. The Morgan fingerprint density at radius 3 is 2.39 bits per heavy atom. The second-order valence-electron chi connectivity index (χ2n) is 6.62. The molecule has 2 amide bonds. The van der Waals surface area contributed by atoms with Crippen molar-refractivity contribution in [2.75, 3.05) is 26.3 Å². The van der Waals surface area contributed by atoms with Crippen LogP contribution >= 0.6 is 0 Å². The number of carbonyl (C=O) groups is 2. The Kier molecular flexibility index (Phi) is 4.94. The zero-order valence-corrected chi connectivity index (χ0v) is 15.2. The molecule has 1 aromatic heterocycles. The molecule has 1 aliphatic rings. The van der Waals surface area contributed by atoms with Crippen molar-refractivity contribution in [3.63, 3.8) is 0 Å². The maximum absolute atomic E-state index is 12.4. The minimum Gasteiger partial charge on any atom is -0.378 e. The van der Waals surface area contributed by atoms with Gasteiger partial charge >= 0.3 is 5.69 Å². The summed E-state index contributed by atoms with van der Waals surface area (Å²) in [5.41, 5.74) is 3.07. The maximum Gasteiger partial charge on any atom is 0.323 e. The van der Waals surface area contributed by atoms with E-state index in [2.05, 4.69) is 15.3 Å². The summed E-state index contributed by atoms with van der Waals surface area (Å²) in [7, 11) is 0. The number of amides is 2. The molecule has 3 N–H and O–H groups in total. The third kappa shape index (κ3) is 3.81. The number of hydrogen-bond acceptors (Lipinski definition) is 4. The fraction of sp³-hybridized carbons (Fsp3) is 0.250. The smallest absolute Gasteiger partial charge is 0.323 e. The van der Waals surface area contributed by atoms with Crippen LogP contribution in [-0.4, -0.2) is 53.0 Å². The average molecular weight is 380 g/mol. The fourth-order valence-corrected chi connectivity index (χ4v) is 3.19. The highest BCUT2D eigenvalue weighted by Crippen LogP contribution is 2.12. The van der Waals surface area contributed by atoms with Gasteiger partial charge in [-0.05, 0) is 42.0 Å². The summed E-state index contributed by atoms with van der Waals surface area (Å²) in [6.07, 6.45) is 0. The number of hydrogen-bond donors (Lipinski definition) is 3. The predicted octanol–water partition coefficient (Wildman–Crippen LogP) is 1.26. The summed E-state index contributed by atoms with van der Waals surface area (Å²) in [5, 5.41) is 2.85. The number of aromatic nitrogens is 2. The topological polar surface area (TPSA) is 107 Å². The van der Waals surface area contributed by atoms with Crippen LogP contribution < -0.4 is 11.0 Å². The van der Waals surface area contributed by atoms with Crippen LogP contribution in [0.15, 0.2) is 47.3 Å². The molecule has 3 aromatic rings. The van der Waals surface area contributed by atoms with Crippen molar-refractivity contribution in [1.29, 1.82) is 0 Å². The molecule has 2 heterocycles. The molecule has 0 radical (unpaired) electrons. The van der Waals surface area contributed by atoms with E-state index in [4.69, 9.17) is 4.74 Å². The maximum atomic E-state index is 12.4.